The molecule has 158 valence electrons. The number of esters is 1. The first-order chi connectivity index (χ1) is 14.3. The zero-order chi connectivity index (χ0) is 21.9. The molecule has 1 heterocycles. The fraction of sp³-hybridized carbons (Fsp3) is 0.360. The molecule has 0 fully saturated rings. The number of methoxy groups -OCH3 is 1. The molecule has 0 spiro atoms. The Kier molecular flexibility index (Phi) is 6.30. The van der Waals surface area contributed by atoms with E-state index in [1.165, 1.54) is 16.8 Å². The molecule has 30 heavy (non-hydrogen) atoms. The van der Waals surface area contributed by atoms with Crippen LogP contribution in [0.4, 0.5) is 11.4 Å². The number of allylic oxidation sites excluding steroid dienone is 1. The van der Waals surface area contributed by atoms with Crippen LogP contribution in [0, 0.1) is 0 Å². The van der Waals surface area contributed by atoms with Gasteiger partial charge in [-0.1, -0.05) is 12.1 Å². The van der Waals surface area contributed by atoms with Gasteiger partial charge in [0.25, 0.3) is 0 Å². The number of benzene rings is 2. The van der Waals surface area contributed by atoms with E-state index >= 15 is 0 Å². The second-order valence-corrected chi connectivity index (χ2v) is 7.87. The molecule has 0 aromatic heterocycles. The Hall–Kier alpha value is -3.08. The molecule has 2 aromatic carbocycles. The summed E-state index contributed by atoms with van der Waals surface area (Å²) in [6.45, 7) is 11.8. The Bertz CT molecular complexity index is 1010. The summed E-state index contributed by atoms with van der Waals surface area (Å²) in [5, 5.41) is 0. The zero-order valence-corrected chi connectivity index (χ0v) is 18.7. The number of nitrogens with zero attached hydrogens (tertiary/aromatic N) is 2. The van der Waals surface area contributed by atoms with Gasteiger partial charge in [0.2, 0.25) is 0 Å². The topological polar surface area (TPSA) is 51.1 Å². The predicted octanol–water partition coefficient (Wildman–Crippen LogP) is 5.64. The van der Waals surface area contributed by atoms with E-state index in [-0.39, 0.29) is 11.5 Å². The van der Waals surface area contributed by atoms with Gasteiger partial charge in [0, 0.05) is 35.6 Å². The molecule has 0 atom stereocenters. The lowest BCUT2D eigenvalue weighted by Gasteiger charge is -2.43. The number of aliphatic imine (C=N–C) groups is 1. The summed E-state index contributed by atoms with van der Waals surface area (Å²) in [6, 6.07) is 11.3. The lowest BCUT2D eigenvalue weighted by molar-refractivity contribution is 0.0526. The molecular weight excluding hydrogens is 376 g/mol. The summed E-state index contributed by atoms with van der Waals surface area (Å²) in [5.41, 5.74) is 5.59. The van der Waals surface area contributed by atoms with Crippen molar-refractivity contribution in [2.24, 2.45) is 4.99 Å². The van der Waals surface area contributed by atoms with Gasteiger partial charge in [-0.25, -0.2) is 4.79 Å². The molecule has 5 heteroatoms. The Morgan fingerprint density at radius 1 is 1.20 bits per heavy atom. The average Bonchev–Trinajstić information content (AvgIpc) is 2.72. The molecule has 0 N–H and O–H groups in total. The van der Waals surface area contributed by atoms with Gasteiger partial charge in [-0.05, 0) is 64.5 Å². The van der Waals surface area contributed by atoms with Crippen molar-refractivity contribution in [3.05, 3.63) is 59.2 Å². The monoisotopic (exact) mass is 406 g/mol. The van der Waals surface area contributed by atoms with Gasteiger partial charge in [0.15, 0.2) is 0 Å². The summed E-state index contributed by atoms with van der Waals surface area (Å²) in [7, 11) is 1.67. The first kappa shape index (κ1) is 21.6. The maximum atomic E-state index is 12.0. The molecule has 0 amide bonds. The summed E-state index contributed by atoms with van der Waals surface area (Å²) < 4.78 is 10.8. The smallest absolute Gasteiger partial charge is 0.338 e. The number of rotatable bonds is 6. The van der Waals surface area contributed by atoms with Crippen LogP contribution in [0.2, 0.25) is 0 Å². The third kappa shape index (κ3) is 4.25. The van der Waals surface area contributed by atoms with Crippen LogP contribution in [0.15, 0.2) is 47.5 Å². The zero-order valence-electron chi connectivity index (χ0n) is 18.7. The van der Waals surface area contributed by atoms with Crippen LogP contribution >= 0.6 is 0 Å². The molecule has 1 aliphatic heterocycles. The van der Waals surface area contributed by atoms with Gasteiger partial charge < -0.3 is 14.4 Å². The van der Waals surface area contributed by atoms with Crippen molar-refractivity contribution in [2.75, 3.05) is 25.2 Å². The molecule has 0 radical (unpaired) electrons. The van der Waals surface area contributed by atoms with E-state index in [1.807, 2.05) is 6.07 Å². The standard InChI is InChI=1S/C25H30N2O3/c1-7-27-22-14-23(29-6)19(13-21(22)17(3)15-25(27,4)5)16-26-20-11-9-10-18(12-20)24(28)30-8-2/h9-16H,7-8H2,1-6H3. The third-order valence-electron chi connectivity index (χ3n) is 5.36. The van der Waals surface area contributed by atoms with Crippen LogP contribution in [0.25, 0.3) is 5.57 Å². The first-order valence-electron chi connectivity index (χ1n) is 10.3. The lowest BCUT2D eigenvalue weighted by Crippen LogP contribution is -2.44. The maximum absolute atomic E-state index is 12.0. The fourth-order valence-electron chi connectivity index (χ4n) is 4.05. The lowest BCUT2D eigenvalue weighted by atomic mass is 9.88. The summed E-state index contributed by atoms with van der Waals surface area (Å²) in [5.74, 6) is 0.423. The molecule has 5 nitrogen and oxygen atoms in total. The van der Waals surface area contributed by atoms with Crippen LogP contribution in [0.5, 0.6) is 5.75 Å². The summed E-state index contributed by atoms with van der Waals surface area (Å²) >= 11 is 0. The van der Waals surface area contributed by atoms with Crippen LogP contribution in [0.1, 0.15) is 56.1 Å². The van der Waals surface area contributed by atoms with Crippen molar-refractivity contribution in [2.45, 2.75) is 40.2 Å². The minimum atomic E-state index is -0.344. The van der Waals surface area contributed by atoms with Crippen molar-refractivity contribution in [3.8, 4) is 5.75 Å². The highest BCUT2D eigenvalue weighted by molar-refractivity contribution is 5.93. The van der Waals surface area contributed by atoms with E-state index in [1.54, 1.807) is 38.4 Å². The normalized spacial score (nSPS) is 15.0. The second-order valence-electron chi connectivity index (χ2n) is 7.87. The maximum Gasteiger partial charge on any atom is 0.338 e. The van der Waals surface area contributed by atoms with Crippen LogP contribution < -0.4 is 9.64 Å². The van der Waals surface area contributed by atoms with E-state index in [0.717, 1.165) is 17.9 Å². The number of carbonyl (C=O) groups is 1. The molecule has 3 rings (SSSR count). The molecule has 0 saturated carbocycles. The van der Waals surface area contributed by atoms with E-state index in [2.05, 4.69) is 55.8 Å². The van der Waals surface area contributed by atoms with Gasteiger partial charge in [-0.3, -0.25) is 4.99 Å². The molecule has 0 saturated heterocycles. The molecular formula is C25H30N2O3. The van der Waals surface area contributed by atoms with Crippen molar-refractivity contribution in [1.82, 2.24) is 0 Å². The minimum absolute atomic E-state index is 0.0556. The van der Waals surface area contributed by atoms with E-state index in [9.17, 15) is 4.79 Å². The number of ether oxygens (including phenoxy) is 2. The number of likely N-dealkylation sites (N-methyl/N-ethyl adjacent to an activating group) is 1. The summed E-state index contributed by atoms with van der Waals surface area (Å²) in [6.07, 6.45) is 4.09. The largest absolute Gasteiger partial charge is 0.496 e. The van der Waals surface area contributed by atoms with Gasteiger partial charge in [-0.15, -0.1) is 0 Å². The Balaban J connectivity index is 1.99. The quantitative estimate of drug-likeness (QED) is 0.460. The Morgan fingerprint density at radius 2 is 1.97 bits per heavy atom. The van der Waals surface area contributed by atoms with E-state index in [4.69, 9.17) is 9.47 Å². The minimum Gasteiger partial charge on any atom is -0.496 e. The number of hydrogen-bond acceptors (Lipinski definition) is 5. The number of anilines is 1. The highest BCUT2D eigenvalue weighted by atomic mass is 16.5. The van der Waals surface area contributed by atoms with Crippen LogP contribution in [-0.4, -0.2) is 38.0 Å². The fourth-order valence-corrected chi connectivity index (χ4v) is 4.05. The van der Waals surface area contributed by atoms with Crippen LogP contribution in [-0.2, 0) is 4.74 Å². The van der Waals surface area contributed by atoms with E-state index < -0.39 is 0 Å². The van der Waals surface area contributed by atoms with Crippen molar-refractivity contribution in [3.63, 3.8) is 0 Å². The van der Waals surface area contributed by atoms with Gasteiger partial charge in [0.05, 0.1) is 30.5 Å². The van der Waals surface area contributed by atoms with Crippen molar-refractivity contribution in [1.29, 1.82) is 0 Å². The number of hydrogen-bond donors (Lipinski definition) is 0. The van der Waals surface area contributed by atoms with E-state index in [0.29, 0.717) is 17.9 Å². The Morgan fingerprint density at radius 3 is 2.63 bits per heavy atom. The molecule has 0 unspecified atom stereocenters. The highest BCUT2D eigenvalue weighted by Crippen LogP contribution is 2.41. The van der Waals surface area contributed by atoms with Gasteiger partial charge >= 0.3 is 5.97 Å². The molecule has 1 aliphatic rings. The Labute approximate surface area is 179 Å². The van der Waals surface area contributed by atoms with Gasteiger partial charge in [0.1, 0.15) is 5.75 Å². The number of carbonyl (C=O) groups excluding carboxylic acids is 1. The van der Waals surface area contributed by atoms with Crippen molar-refractivity contribution >= 4 is 29.1 Å². The highest BCUT2D eigenvalue weighted by Gasteiger charge is 2.31. The predicted molar refractivity (Wildman–Crippen MR) is 123 cm³/mol. The third-order valence-corrected chi connectivity index (χ3v) is 5.36. The SMILES string of the molecule is CCOC(=O)c1cccc(N=Cc2cc3c(cc2OC)N(CC)C(C)(C)C=C3C)c1. The average molecular weight is 407 g/mol. The second kappa shape index (κ2) is 8.74. The van der Waals surface area contributed by atoms with Gasteiger partial charge in [-0.2, -0.15) is 0 Å². The molecule has 2 aromatic rings. The van der Waals surface area contributed by atoms with Crippen molar-refractivity contribution < 1.29 is 14.3 Å². The molecule has 0 aliphatic carbocycles. The first-order valence-corrected chi connectivity index (χ1v) is 10.3. The number of fused-ring (bicyclic) bond motifs is 1. The molecule has 0 bridgehead atoms. The summed E-state index contributed by atoms with van der Waals surface area (Å²) in [4.78, 5) is 18.9. The van der Waals surface area contributed by atoms with Crippen LogP contribution in [0.3, 0.4) is 0 Å².